The molecule has 2 aliphatic rings. The van der Waals surface area contributed by atoms with E-state index in [1.807, 2.05) is 32.9 Å². The number of rotatable bonds is 4. The van der Waals surface area contributed by atoms with Gasteiger partial charge in [0.25, 0.3) is 0 Å². The van der Waals surface area contributed by atoms with Crippen molar-refractivity contribution in [3.05, 3.63) is 36.4 Å². The fourth-order valence-electron chi connectivity index (χ4n) is 4.60. The highest BCUT2D eigenvalue weighted by atomic mass is 32.2. The van der Waals surface area contributed by atoms with Gasteiger partial charge in [0.15, 0.2) is 5.82 Å². The zero-order chi connectivity index (χ0) is 25.9. The van der Waals surface area contributed by atoms with Gasteiger partial charge in [-0.1, -0.05) is 0 Å². The fourth-order valence-corrected chi connectivity index (χ4v) is 5.85. The number of nitrogens with two attached hydrogens (primary N) is 1. The van der Waals surface area contributed by atoms with E-state index in [-0.39, 0.29) is 6.04 Å². The minimum atomic E-state index is -2.89. The number of morpholine rings is 1. The zero-order valence-corrected chi connectivity index (χ0v) is 21.9. The third-order valence-electron chi connectivity index (χ3n) is 6.65. The van der Waals surface area contributed by atoms with Gasteiger partial charge in [-0.15, -0.1) is 0 Å². The zero-order valence-electron chi connectivity index (χ0n) is 21.1. The molecule has 1 saturated heterocycles. The van der Waals surface area contributed by atoms with Crippen molar-refractivity contribution in [2.24, 2.45) is 5.14 Å². The lowest BCUT2D eigenvalue weighted by Gasteiger charge is -2.35. The number of pyridine rings is 1. The Bertz CT molecular complexity index is 1440. The summed E-state index contributed by atoms with van der Waals surface area (Å²) >= 11 is 0. The molecule has 192 valence electrons. The van der Waals surface area contributed by atoms with Crippen LogP contribution in [0, 0.1) is 0 Å². The number of hydrogen-bond donors (Lipinski definition) is 1. The molecule has 1 unspecified atom stereocenters. The smallest absolute Gasteiger partial charge is 0.419 e. The Morgan fingerprint density at radius 3 is 2.69 bits per heavy atom. The van der Waals surface area contributed by atoms with Gasteiger partial charge in [0, 0.05) is 45.7 Å². The van der Waals surface area contributed by atoms with Gasteiger partial charge in [-0.25, -0.2) is 14.8 Å². The SMILES string of the molecule is C=S(N)(=O)C1(c2cc(N3CCOC[C@H]3C)nc(-c3cncc4c3ccn4C(=O)OC(C)(C)C)n2)CC1. The molecule has 3 aromatic rings. The lowest BCUT2D eigenvalue weighted by molar-refractivity contribution is 0.0544. The summed E-state index contributed by atoms with van der Waals surface area (Å²) in [6.45, 7) is 9.37. The molecule has 0 aromatic carbocycles. The maximum Gasteiger partial charge on any atom is 0.419 e. The van der Waals surface area contributed by atoms with Crippen molar-refractivity contribution in [2.45, 2.75) is 56.9 Å². The monoisotopic (exact) mass is 512 g/mol. The third kappa shape index (κ3) is 4.35. The lowest BCUT2D eigenvalue weighted by Crippen LogP contribution is -2.44. The van der Waals surface area contributed by atoms with Crippen molar-refractivity contribution >= 4 is 38.4 Å². The van der Waals surface area contributed by atoms with Gasteiger partial charge in [-0.05, 0) is 52.5 Å². The molecular weight excluding hydrogens is 480 g/mol. The van der Waals surface area contributed by atoms with Crippen LogP contribution in [0.25, 0.3) is 22.3 Å². The normalized spacial score (nSPS) is 21.2. The number of hydrogen-bond acceptors (Lipinski definition) is 8. The van der Waals surface area contributed by atoms with Gasteiger partial charge in [0.05, 0.1) is 41.4 Å². The topological polar surface area (TPSA) is 125 Å². The summed E-state index contributed by atoms with van der Waals surface area (Å²) in [5, 5.41) is 6.84. The van der Waals surface area contributed by atoms with Crippen LogP contribution in [0.15, 0.2) is 30.7 Å². The molecule has 3 aromatic heterocycles. The predicted octanol–water partition coefficient (Wildman–Crippen LogP) is 3.08. The second-order valence-corrected chi connectivity index (χ2v) is 12.8. The highest BCUT2D eigenvalue weighted by Gasteiger charge is 2.52. The summed E-state index contributed by atoms with van der Waals surface area (Å²) in [5.74, 6) is 4.93. The van der Waals surface area contributed by atoms with Crippen LogP contribution in [0.1, 0.15) is 46.2 Å². The van der Waals surface area contributed by atoms with E-state index < -0.39 is 26.1 Å². The van der Waals surface area contributed by atoms with Crippen LogP contribution in [0.5, 0.6) is 0 Å². The van der Waals surface area contributed by atoms with Gasteiger partial charge >= 0.3 is 6.09 Å². The van der Waals surface area contributed by atoms with Gasteiger partial charge in [-0.2, -0.15) is 0 Å². The summed E-state index contributed by atoms with van der Waals surface area (Å²) in [5.41, 5.74) is 1.22. The van der Waals surface area contributed by atoms with Gasteiger partial charge in [0.1, 0.15) is 11.4 Å². The Morgan fingerprint density at radius 1 is 1.31 bits per heavy atom. The molecule has 10 nitrogen and oxygen atoms in total. The van der Waals surface area contributed by atoms with E-state index in [0.717, 1.165) is 5.39 Å². The van der Waals surface area contributed by atoms with Crippen molar-refractivity contribution in [3.63, 3.8) is 0 Å². The van der Waals surface area contributed by atoms with Crippen molar-refractivity contribution in [3.8, 4) is 11.4 Å². The van der Waals surface area contributed by atoms with Crippen LogP contribution < -0.4 is 10.0 Å². The largest absolute Gasteiger partial charge is 0.443 e. The molecule has 2 fully saturated rings. The Hall–Kier alpha value is -3.02. The average molecular weight is 513 g/mol. The highest BCUT2D eigenvalue weighted by Crippen LogP contribution is 2.51. The molecular formula is C25H32N6O4S. The summed E-state index contributed by atoms with van der Waals surface area (Å²) in [6, 6.07) is 3.81. The highest BCUT2D eigenvalue weighted by molar-refractivity contribution is 7.99. The number of carbonyl (C=O) groups is 1. The third-order valence-corrected chi connectivity index (χ3v) is 8.59. The van der Waals surface area contributed by atoms with E-state index in [2.05, 4.69) is 22.7 Å². The van der Waals surface area contributed by atoms with Crippen LogP contribution in [0.2, 0.25) is 0 Å². The molecule has 36 heavy (non-hydrogen) atoms. The standard InChI is InChI=1S/C25H32N6O4S/c1-16-15-34-11-10-30(16)21-12-20(25(7-8-25)36(5,26)33)28-22(29-21)18-13-27-14-19-17(18)6-9-31(19)23(32)35-24(2,3)4/h6,9,12-14,16H,5,7-8,10-11,15H2,1-4H3,(H2,26,33)/t16-,36?/m1/s1. The Morgan fingerprint density at radius 2 is 2.06 bits per heavy atom. The average Bonchev–Trinajstić information content (AvgIpc) is 3.51. The summed E-state index contributed by atoms with van der Waals surface area (Å²) < 4.78 is 24.8. The van der Waals surface area contributed by atoms with Crippen LogP contribution in [-0.2, 0) is 23.9 Å². The predicted molar refractivity (Wildman–Crippen MR) is 140 cm³/mol. The fraction of sp³-hybridized carbons (Fsp3) is 0.480. The molecule has 0 amide bonds. The van der Waals surface area contributed by atoms with Crippen LogP contribution in [0.4, 0.5) is 10.6 Å². The molecule has 0 radical (unpaired) electrons. The number of carbonyl (C=O) groups excluding carboxylic acids is 1. The van der Waals surface area contributed by atoms with E-state index in [4.69, 9.17) is 24.6 Å². The molecule has 2 N–H and O–H groups in total. The number of ether oxygens (including phenoxy) is 2. The maximum atomic E-state index is 13.0. The maximum absolute atomic E-state index is 13.0. The first-order valence-electron chi connectivity index (χ1n) is 12.0. The molecule has 11 heteroatoms. The Labute approximate surface area is 211 Å². The lowest BCUT2D eigenvalue weighted by atomic mass is 10.1. The summed E-state index contributed by atoms with van der Waals surface area (Å²) in [6.07, 6.45) is 5.75. The molecule has 4 heterocycles. The number of fused-ring (bicyclic) bond motifs is 1. The molecule has 5 rings (SSSR count). The second kappa shape index (κ2) is 8.53. The van der Waals surface area contributed by atoms with Gasteiger partial charge < -0.3 is 14.4 Å². The van der Waals surface area contributed by atoms with Crippen molar-refractivity contribution in [1.82, 2.24) is 19.5 Å². The first-order valence-corrected chi connectivity index (χ1v) is 13.8. The quantitative estimate of drug-likeness (QED) is 0.529. The minimum absolute atomic E-state index is 0.105. The number of anilines is 1. The first kappa shape index (κ1) is 24.7. The van der Waals surface area contributed by atoms with Crippen molar-refractivity contribution in [2.75, 3.05) is 24.7 Å². The molecule has 0 bridgehead atoms. The first-order chi connectivity index (χ1) is 16.9. The van der Waals surface area contributed by atoms with Crippen LogP contribution in [0.3, 0.4) is 0 Å². The van der Waals surface area contributed by atoms with E-state index in [1.165, 1.54) is 4.57 Å². The molecule has 1 aliphatic heterocycles. The van der Waals surface area contributed by atoms with Crippen molar-refractivity contribution < 1.29 is 18.5 Å². The number of aromatic nitrogens is 4. The molecule has 1 saturated carbocycles. The van der Waals surface area contributed by atoms with E-state index in [0.29, 0.717) is 61.0 Å². The molecule has 1 aliphatic carbocycles. The minimum Gasteiger partial charge on any atom is -0.443 e. The van der Waals surface area contributed by atoms with E-state index >= 15 is 0 Å². The van der Waals surface area contributed by atoms with E-state index in [9.17, 15) is 9.00 Å². The summed E-state index contributed by atoms with van der Waals surface area (Å²) in [4.78, 5) is 29.1. The van der Waals surface area contributed by atoms with Gasteiger partial charge in [-0.3, -0.25) is 18.9 Å². The van der Waals surface area contributed by atoms with E-state index in [1.54, 1.807) is 18.6 Å². The molecule has 2 atom stereocenters. The number of nitrogens with zero attached hydrogens (tertiary/aromatic N) is 5. The van der Waals surface area contributed by atoms with Crippen LogP contribution >= 0.6 is 0 Å². The summed E-state index contributed by atoms with van der Waals surface area (Å²) in [7, 11) is -2.89. The van der Waals surface area contributed by atoms with Crippen molar-refractivity contribution in [1.29, 1.82) is 0 Å². The molecule has 0 spiro atoms. The van der Waals surface area contributed by atoms with Gasteiger partial charge in [0.2, 0.25) is 0 Å². The Balaban J connectivity index is 1.66. The van der Waals surface area contributed by atoms with Crippen LogP contribution in [-0.4, -0.2) is 67.1 Å². The second-order valence-electron chi connectivity index (χ2n) is 10.6. The Kier molecular flexibility index (Phi) is 5.85.